The number of rotatable bonds is 2. The van der Waals surface area contributed by atoms with Crippen LogP contribution in [0.15, 0.2) is 164 Å². The molecule has 2 aliphatic rings. The van der Waals surface area contributed by atoms with Gasteiger partial charge in [-0.3, -0.25) is 9.59 Å². The first kappa shape index (κ1) is 32.9. The minimum Gasteiger partial charge on any atom is -0.456 e. The Hall–Kier alpha value is -6.49. The van der Waals surface area contributed by atoms with Gasteiger partial charge >= 0.3 is 0 Å². The predicted octanol–water partition coefficient (Wildman–Crippen LogP) is 9.42. The first-order valence-electron chi connectivity index (χ1n) is 19.0. The van der Waals surface area contributed by atoms with E-state index in [9.17, 15) is 9.59 Å². The Labute approximate surface area is 324 Å². The van der Waals surface area contributed by atoms with E-state index >= 15 is 0 Å². The van der Waals surface area contributed by atoms with E-state index in [2.05, 4.69) is 109 Å². The van der Waals surface area contributed by atoms with Gasteiger partial charge in [0.05, 0.1) is 21.5 Å². The third-order valence-corrected chi connectivity index (χ3v) is 19.2. The Morgan fingerprint density at radius 2 is 0.750 bits per heavy atom. The Kier molecular flexibility index (Phi) is 6.77. The molecule has 0 bridgehead atoms. The first-order valence-corrected chi connectivity index (χ1v) is 25.0. The highest BCUT2D eigenvalue weighted by molar-refractivity contribution is 7.04. The van der Waals surface area contributed by atoms with E-state index in [4.69, 9.17) is 8.83 Å². The first-order chi connectivity index (χ1) is 27.1. The molecule has 0 saturated heterocycles. The Balaban J connectivity index is 1.18. The molecule has 2 aliphatic heterocycles. The van der Waals surface area contributed by atoms with Gasteiger partial charge in [0.2, 0.25) is 10.9 Å². The second-order valence-corrected chi connectivity index (χ2v) is 24.7. The highest BCUT2D eigenvalue weighted by atomic mass is 28.3. The number of nitrogens with zero attached hydrogens (tertiary/aromatic N) is 2. The summed E-state index contributed by atoms with van der Waals surface area (Å²) in [5.41, 5.74) is 8.65. The van der Waals surface area contributed by atoms with Crippen molar-refractivity contribution in [3.05, 3.63) is 166 Å². The summed E-state index contributed by atoms with van der Waals surface area (Å²) in [5, 5.41) is 7.53. The molecule has 56 heavy (non-hydrogen) atoms. The summed E-state index contributed by atoms with van der Waals surface area (Å²) in [6.07, 6.45) is 0. The van der Waals surface area contributed by atoms with Gasteiger partial charge in [0.25, 0.3) is 0 Å². The molecule has 0 aliphatic carbocycles. The van der Waals surface area contributed by atoms with E-state index in [1.807, 2.05) is 72.8 Å². The van der Waals surface area contributed by atoms with Crippen LogP contribution in [0.3, 0.4) is 0 Å². The van der Waals surface area contributed by atoms with Gasteiger partial charge in [-0.15, -0.1) is 0 Å². The van der Waals surface area contributed by atoms with Crippen molar-refractivity contribution in [1.29, 1.82) is 0 Å². The van der Waals surface area contributed by atoms with Crippen molar-refractivity contribution < 1.29 is 8.83 Å². The van der Waals surface area contributed by atoms with Crippen LogP contribution in [0.5, 0.6) is 0 Å². The molecule has 0 saturated carbocycles. The van der Waals surface area contributed by atoms with Crippen LogP contribution >= 0.6 is 0 Å². The van der Waals surface area contributed by atoms with Crippen LogP contribution in [0.1, 0.15) is 0 Å². The third kappa shape index (κ3) is 4.48. The van der Waals surface area contributed by atoms with Crippen LogP contribution in [0.4, 0.5) is 34.1 Å². The monoisotopic (exact) mass is 760 g/mol. The van der Waals surface area contributed by atoms with Gasteiger partial charge in [0.15, 0.2) is 0 Å². The number of benzene rings is 7. The lowest BCUT2D eigenvalue weighted by molar-refractivity contribution is 0.659. The Morgan fingerprint density at radius 3 is 1.20 bits per heavy atom. The molecule has 7 aromatic carbocycles. The quantitative estimate of drug-likeness (QED) is 0.129. The molecule has 6 nitrogen and oxygen atoms in total. The topological polar surface area (TPSA) is 66.9 Å². The van der Waals surface area contributed by atoms with E-state index in [0.29, 0.717) is 43.9 Å². The van der Waals surface area contributed by atoms with Crippen molar-refractivity contribution in [2.24, 2.45) is 0 Å². The zero-order valence-corrected chi connectivity index (χ0v) is 33.4. The number of hydrogen-bond acceptors (Lipinski definition) is 6. The van der Waals surface area contributed by atoms with Crippen LogP contribution in [-0.4, -0.2) is 16.1 Å². The zero-order valence-electron chi connectivity index (χ0n) is 31.4. The van der Waals surface area contributed by atoms with Gasteiger partial charge < -0.3 is 18.6 Å². The van der Waals surface area contributed by atoms with E-state index in [0.717, 1.165) is 34.1 Å². The smallest absolute Gasteiger partial charge is 0.200 e. The average Bonchev–Trinajstić information content (AvgIpc) is 3.21. The van der Waals surface area contributed by atoms with Crippen molar-refractivity contribution in [3.63, 3.8) is 0 Å². The molecule has 9 aromatic rings. The summed E-state index contributed by atoms with van der Waals surface area (Å²) in [4.78, 5) is 32.6. The molecule has 0 unspecified atom stereocenters. The molecule has 11 rings (SSSR count). The third-order valence-electron chi connectivity index (χ3n) is 12.2. The van der Waals surface area contributed by atoms with Crippen molar-refractivity contribution >= 4 is 115 Å². The fraction of sp³-hybridized carbons (Fsp3) is 0.0833. The minimum absolute atomic E-state index is 0.0347. The van der Waals surface area contributed by atoms with Crippen molar-refractivity contribution in [2.75, 3.05) is 9.80 Å². The second kappa shape index (κ2) is 11.5. The molecular formula is C48H36N2O4Si2. The lowest BCUT2D eigenvalue weighted by Gasteiger charge is -2.46. The number of para-hydroxylation sites is 4. The van der Waals surface area contributed by atoms with E-state index < -0.39 is 16.1 Å². The fourth-order valence-corrected chi connectivity index (χ4v) is 15.2. The van der Waals surface area contributed by atoms with Crippen LogP contribution in [0.25, 0.3) is 43.9 Å². The van der Waals surface area contributed by atoms with E-state index in [1.165, 1.54) is 20.7 Å². The molecule has 0 atom stereocenters. The van der Waals surface area contributed by atoms with Gasteiger partial charge in [0, 0.05) is 34.1 Å². The number of fused-ring (bicyclic) bond motifs is 8. The molecule has 0 spiro atoms. The van der Waals surface area contributed by atoms with E-state index in [-0.39, 0.29) is 10.9 Å². The SMILES string of the molecule is C[Si]1(C)c2ccccc2N(c2ccc3oc4ccccc4c(=O)c3c2)c2cc3c(cc21)N(c1ccc2oc4ccccc4c(=O)c2c1)c1ccccc1[Si]3(C)C. The summed E-state index contributed by atoms with van der Waals surface area (Å²) >= 11 is 0. The minimum atomic E-state index is -2.32. The molecule has 0 radical (unpaired) electrons. The average molecular weight is 761 g/mol. The Morgan fingerprint density at radius 1 is 0.375 bits per heavy atom. The van der Waals surface area contributed by atoms with Crippen LogP contribution in [0, 0.1) is 0 Å². The number of hydrogen-bond donors (Lipinski definition) is 0. The van der Waals surface area contributed by atoms with E-state index in [1.54, 1.807) is 0 Å². The molecule has 0 fully saturated rings. The lowest BCUT2D eigenvalue weighted by Crippen LogP contribution is -2.62. The maximum Gasteiger partial charge on any atom is 0.200 e. The largest absolute Gasteiger partial charge is 0.456 e. The lowest BCUT2D eigenvalue weighted by atomic mass is 10.1. The van der Waals surface area contributed by atoms with Crippen molar-refractivity contribution in [1.82, 2.24) is 0 Å². The van der Waals surface area contributed by atoms with Gasteiger partial charge in [-0.1, -0.05) is 86.9 Å². The summed E-state index contributed by atoms with van der Waals surface area (Å²) < 4.78 is 12.5. The van der Waals surface area contributed by atoms with Crippen LogP contribution in [0.2, 0.25) is 26.2 Å². The van der Waals surface area contributed by atoms with Crippen molar-refractivity contribution in [2.45, 2.75) is 26.2 Å². The predicted molar refractivity (Wildman–Crippen MR) is 236 cm³/mol. The molecule has 0 N–H and O–H groups in total. The highest BCUT2D eigenvalue weighted by Gasteiger charge is 2.44. The van der Waals surface area contributed by atoms with Crippen molar-refractivity contribution in [3.8, 4) is 0 Å². The summed E-state index contributed by atoms with van der Waals surface area (Å²) in [5.74, 6) is 0. The van der Waals surface area contributed by atoms with Gasteiger partial charge in [-0.05, 0) is 106 Å². The number of anilines is 6. The normalized spacial score (nSPS) is 15.1. The summed E-state index contributed by atoms with van der Waals surface area (Å²) in [7, 11) is -4.63. The van der Waals surface area contributed by atoms with Gasteiger partial charge in [0.1, 0.15) is 38.5 Å². The highest BCUT2D eigenvalue weighted by Crippen LogP contribution is 2.44. The van der Waals surface area contributed by atoms with Gasteiger partial charge in [-0.2, -0.15) is 0 Å². The second-order valence-electron chi connectivity index (χ2n) is 16.1. The molecule has 0 amide bonds. The molecule has 270 valence electrons. The summed E-state index contributed by atoms with van der Waals surface area (Å²) in [6.45, 7) is 9.74. The molecule has 4 heterocycles. The maximum atomic E-state index is 14.0. The summed E-state index contributed by atoms with van der Waals surface area (Å²) in [6, 6.07) is 49.3. The maximum absolute atomic E-state index is 14.0. The zero-order chi connectivity index (χ0) is 38.1. The molecular weight excluding hydrogens is 725 g/mol. The van der Waals surface area contributed by atoms with Crippen LogP contribution in [-0.2, 0) is 0 Å². The standard InChI is InChI=1S/C48H36N2O4Si2/c1-55(2)43-19-11-7-15-35(43)49(29-21-23-41-33(25-29)47(51)31-13-5-9-17-39(31)53-41)37-28-46-38(27-45(37)55)50(36-16-8-12-20-44(36)56(46,3)4)30-22-24-42-34(26-30)48(52)32-14-6-10-18-40(32)54-42/h5-28H,1-4H3. The van der Waals surface area contributed by atoms with Gasteiger partial charge in [-0.25, -0.2) is 0 Å². The molecule has 8 heteroatoms. The Bertz CT molecular complexity index is 3070. The van der Waals surface area contributed by atoms with Crippen LogP contribution < -0.4 is 41.4 Å². The molecule has 2 aromatic heterocycles. The fourth-order valence-electron chi connectivity index (χ4n) is 9.31.